The number of unbranched alkanes of at least 4 members (excludes halogenated alkanes) is 1. The lowest BCUT2D eigenvalue weighted by molar-refractivity contribution is -0.120. The van der Waals surface area contributed by atoms with Crippen molar-refractivity contribution in [2.24, 2.45) is 0 Å². The van der Waals surface area contributed by atoms with Crippen molar-refractivity contribution in [1.82, 2.24) is 10.2 Å². The van der Waals surface area contributed by atoms with Gasteiger partial charge >= 0.3 is 0 Å². The summed E-state index contributed by atoms with van der Waals surface area (Å²) < 4.78 is 0. The highest BCUT2D eigenvalue weighted by Gasteiger charge is 2.22. The number of aliphatic hydroxyl groups is 1. The second-order valence-corrected chi connectivity index (χ2v) is 5.91. The molecule has 0 saturated carbocycles. The Balaban J connectivity index is 1.56. The number of likely N-dealkylation sites (tertiary alicyclic amines) is 1. The predicted molar refractivity (Wildman–Crippen MR) is 85.7 cm³/mol. The van der Waals surface area contributed by atoms with Gasteiger partial charge < -0.3 is 15.5 Å². The largest absolute Gasteiger partial charge is 0.508 e. The third-order valence-corrected chi connectivity index (χ3v) is 4.21. The van der Waals surface area contributed by atoms with Crippen molar-refractivity contribution < 1.29 is 15.0 Å². The molecule has 0 radical (unpaired) electrons. The fourth-order valence-corrected chi connectivity index (χ4v) is 2.93. The molecule has 0 spiro atoms. The lowest BCUT2D eigenvalue weighted by Gasteiger charge is -2.22. The van der Waals surface area contributed by atoms with E-state index in [0.717, 1.165) is 37.9 Å². The summed E-state index contributed by atoms with van der Waals surface area (Å²) in [4.78, 5) is 14.1. The molecule has 1 saturated heterocycles. The number of aromatic hydroxyl groups is 1. The Morgan fingerprint density at radius 2 is 2.05 bits per heavy atom. The van der Waals surface area contributed by atoms with Crippen LogP contribution in [0.25, 0.3) is 0 Å². The minimum atomic E-state index is 0.0140. The van der Waals surface area contributed by atoms with Gasteiger partial charge in [-0.25, -0.2) is 0 Å². The number of hydrogen-bond acceptors (Lipinski definition) is 4. The highest BCUT2D eigenvalue weighted by molar-refractivity contribution is 5.78. The van der Waals surface area contributed by atoms with Crippen LogP contribution in [0.2, 0.25) is 0 Å². The van der Waals surface area contributed by atoms with Crippen molar-refractivity contribution in [2.45, 2.75) is 38.1 Å². The predicted octanol–water partition coefficient (Wildman–Crippen LogP) is 1.29. The quantitative estimate of drug-likeness (QED) is 0.633. The standard InChI is InChI=1S/C17H26N2O3/c20-13-15-4-3-11-19(15)10-2-1-9-18-17(22)12-14-5-7-16(21)8-6-14/h5-8,15,20-21H,1-4,9-13H2,(H,18,22). The number of amides is 1. The van der Waals surface area contributed by atoms with E-state index in [9.17, 15) is 15.0 Å². The number of aliphatic hydroxyl groups excluding tert-OH is 1. The molecule has 1 fully saturated rings. The van der Waals surface area contributed by atoms with Gasteiger partial charge in [0, 0.05) is 12.6 Å². The SMILES string of the molecule is O=C(Cc1ccc(O)cc1)NCCCCN1CCCC1CO. The van der Waals surface area contributed by atoms with Gasteiger partial charge in [0.2, 0.25) is 5.91 Å². The summed E-state index contributed by atoms with van der Waals surface area (Å²) in [5.74, 6) is 0.229. The van der Waals surface area contributed by atoms with E-state index in [-0.39, 0.29) is 18.3 Å². The van der Waals surface area contributed by atoms with Crippen LogP contribution < -0.4 is 5.32 Å². The zero-order valence-corrected chi connectivity index (χ0v) is 13.0. The van der Waals surface area contributed by atoms with Crippen LogP contribution in [0.15, 0.2) is 24.3 Å². The molecule has 1 heterocycles. The summed E-state index contributed by atoms with van der Waals surface area (Å²) in [5, 5.41) is 21.4. The van der Waals surface area contributed by atoms with Crippen LogP contribution in [0.3, 0.4) is 0 Å². The van der Waals surface area contributed by atoms with Crippen molar-refractivity contribution in [3.8, 4) is 5.75 Å². The maximum atomic E-state index is 11.8. The van der Waals surface area contributed by atoms with Gasteiger partial charge in [-0.1, -0.05) is 12.1 Å². The molecule has 22 heavy (non-hydrogen) atoms. The first kappa shape index (κ1) is 16.8. The topological polar surface area (TPSA) is 72.8 Å². The Kier molecular flexibility index (Phi) is 6.68. The van der Waals surface area contributed by atoms with Crippen molar-refractivity contribution in [1.29, 1.82) is 0 Å². The fraction of sp³-hybridized carbons (Fsp3) is 0.588. The molecule has 0 aliphatic carbocycles. The summed E-state index contributed by atoms with van der Waals surface area (Å²) in [7, 11) is 0. The van der Waals surface area contributed by atoms with Gasteiger partial charge in [0.15, 0.2) is 0 Å². The van der Waals surface area contributed by atoms with Gasteiger partial charge in [0.25, 0.3) is 0 Å². The van der Waals surface area contributed by atoms with E-state index in [0.29, 0.717) is 19.0 Å². The molecule has 0 bridgehead atoms. The third kappa shape index (κ3) is 5.31. The molecular formula is C17H26N2O3. The van der Waals surface area contributed by atoms with Crippen LogP contribution in [-0.2, 0) is 11.2 Å². The van der Waals surface area contributed by atoms with E-state index in [1.807, 2.05) is 0 Å². The number of carbonyl (C=O) groups excluding carboxylic acids is 1. The lowest BCUT2D eigenvalue weighted by atomic mass is 10.1. The Morgan fingerprint density at radius 1 is 1.27 bits per heavy atom. The molecule has 5 heteroatoms. The molecule has 122 valence electrons. The number of phenolic OH excluding ortho intramolecular Hbond substituents is 1. The maximum absolute atomic E-state index is 11.8. The van der Waals surface area contributed by atoms with Crippen LogP contribution >= 0.6 is 0 Å². The average molecular weight is 306 g/mol. The fourth-order valence-electron chi connectivity index (χ4n) is 2.93. The van der Waals surface area contributed by atoms with E-state index in [2.05, 4.69) is 10.2 Å². The molecule has 1 atom stereocenters. The number of rotatable bonds is 8. The Morgan fingerprint density at radius 3 is 2.77 bits per heavy atom. The second kappa shape index (κ2) is 8.76. The van der Waals surface area contributed by atoms with Crippen LogP contribution in [0.4, 0.5) is 0 Å². The summed E-state index contributed by atoms with van der Waals surface area (Å²) in [6.45, 7) is 3.02. The minimum Gasteiger partial charge on any atom is -0.508 e. The molecule has 1 aromatic rings. The van der Waals surface area contributed by atoms with Gasteiger partial charge in [-0.05, 0) is 56.5 Å². The Bertz CT molecular complexity index is 461. The van der Waals surface area contributed by atoms with Crippen LogP contribution in [0.1, 0.15) is 31.2 Å². The lowest BCUT2D eigenvalue weighted by Crippen LogP contribution is -2.33. The zero-order chi connectivity index (χ0) is 15.8. The molecule has 1 aliphatic heterocycles. The van der Waals surface area contributed by atoms with E-state index < -0.39 is 0 Å². The van der Waals surface area contributed by atoms with Crippen LogP contribution in [-0.4, -0.2) is 53.3 Å². The number of hydrogen-bond donors (Lipinski definition) is 3. The second-order valence-electron chi connectivity index (χ2n) is 5.91. The molecule has 5 nitrogen and oxygen atoms in total. The monoisotopic (exact) mass is 306 g/mol. The van der Waals surface area contributed by atoms with Crippen LogP contribution in [0, 0.1) is 0 Å². The molecule has 1 amide bonds. The van der Waals surface area contributed by atoms with E-state index >= 15 is 0 Å². The highest BCUT2D eigenvalue weighted by atomic mass is 16.3. The first-order valence-electron chi connectivity index (χ1n) is 8.08. The summed E-state index contributed by atoms with van der Waals surface area (Å²) in [6, 6.07) is 7.05. The average Bonchev–Trinajstić information content (AvgIpc) is 2.97. The van der Waals surface area contributed by atoms with Gasteiger partial charge in [-0.3, -0.25) is 9.69 Å². The van der Waals surface area contributed by atoms with E-state index in [4.69, 9.17) is 0 Å². The highest BCUT2D eigenvalue weighted by Crippen LogP contribution is 2.16. The normalized spacial score (nSPS) is 18.5. The number of benzene rings is 1. The molecule has 1 unspecified atom stereocenters. The van der Waals surface area contributed by atoms with Gasteiger partial charge in [-0.15, -0.1) is 0 Å². The Labute approximate surface area is 131 Å². The zero-order valence-electron chi connectivity index (χ0n) is 13.0. The number of carbonyl (C=O) groups is 1. The molecule has 0 aromatic heterocycles. The minimum absolute atomic E-state index is 0.0140. The number of nitrogens with one attached hydrogen (secondary N) is 1. The number of nitrogens with zero attached hydrogens (tertiary/aromatic N) is 1. The molecule has 1 aromatic carbocycles. The Hall–Kier alpha value is -1.59. The first-order valence-corrected chi connectivity index (χ1v) is 8.08. The van der Waals surface area contributed by atoms with Crippen molar-refractivity contribution in [3.63, 3.8) is 0 Å². The summed E-state index contributed by atoms with van der Waals surface area (Å²) in [5.41, 5.74) is 0.901. The number of phenols is 1. The van der Waals surface area contributed by atoms with Crippen LogP contribution in [0.5, 0.6) is 5.75 Å². The maximum Gasteiger partial charge on any atom is 0.224 e. The molecule has 1 aliphatic rings. The van der Waals surface area contributed by atoms with Crippen molar-refractivity contribution >= 4 is 5.91 Å². The summed E-state index contributed by atoms with van der Waals surface area (Å²) >= 11 is 0. The van der Waals surface area contributed by atoms with Gasteiger partial charge in [0.05, 0.1) is 13.0 Å². The van der Waals surface area contributed by atoms with Gasteiger partial charge in [-0.2, -0.15) is 0 Å². The summed E-state index contributed by atoms with van der Waals surface area (Å²) in [6.07, 6.45) is 4.61. The molecule has 2 rings (SSSR count). The van der Waals surface area contributed by atoms with Gasteiger partial charge in [0.1, 0.15) is 5.75 Å². The van der Waals surface area contributed by atoms with E-state index in [1.54, 1.807) is 24.3 Å². The van der Waals surface area contributed by atoms with E-state index in [1.165, 1.54) is 6.42 Å². The first-order chi connectivity index (χ1) is 10.7. The molecular weight excluding hydrogens is 280 g/mol. The van der Waals surface area contributed by atoms with Crippen molar-refractivity contribution in [2.75, 3.05) is 26.2 Å². The smallest absolute Gasteiger partial charge is 0.224 e. The molecule has 3 N–H and O–H groups in total. The van der Waals surface area contributed by atoms with Crippen molar-refractivity contribution in [3.05, 3.63) is 29.8 Å². The third-order valence-electron chi connectivity index (χ3n) is 4.21.